The van der Waals surface area contributed by atoms with Gasteiger partial charge in [-0.05, 0) is 30.0 Å². The van der Waals surface area contributed by atoms with Gasteiger partial charge in [0.05, 0.1) is 0 Å². The summed E-state index contributed by atoms with van der Waals surface area (Å²) in [6.07, 6.45) is 7.83. The van der Waals surface area contributed by atoms with Crippen LogP contribution in [0.1, 0.15) is 83.0 Å². The van der Waals surface area contributed by atoms with E-state index >= 15 is 0 Å². The van der Waals surface area contributed by atoms with Crippen LogP contribution in [0.15, 0.2) is 24.3 Å². The number of carbonyl (C=O) groups is 2. The van der Waals surface area contributed by atoms with E-state index < -0.39 is 11.7 Å². The van der Waals surface area contributed by atoms with E-state index in [1.807, 2.05) is 20.8 Å². The molecule has 0 saturated carbocycles. The van der Waals surface area contributed by atoms with Crippen molar-refractivity contribution in [3.63, 3.8) is 0 Å². The molecule has 0 bridgehead atoms. The maximum atomic E-state index is 13.2. The minimum atomic E-state index is -0.523. The molecule has 26 heavy (non-hydrogen) atoms. The van der Waals surface area contributed by atoms with Crippen molar-refractivity contribution in [2.24, 2.45) is 11.3 Å². The highest BCUT2D eigenvalue weighted by molar-refractivity contribution is 5.95. The largest absolute Gasteiger partial charge is 0.273 e. The van der Waals surface area contributed by atoms with Gasteiger partial charge < -0.3 is 0 Å². The monoisotopic (exact) mass is 364 g/mol. The van der Waals surface area contributed by atoms with Crippen molar-refractivity contribution in [2.75, 3.05) is 0 Å². The molecule has 1 rings (SSSR count). The Kier molecular flexibility index (Phi) is 9.31. The number of hydrazine groups is 1. The summed E-state index contributed by atoms with van der Waals surface area (Å²) in [4.78, 5) is 24.6. The van der Waals surface area contributed by atoms with Gasteiger partial charge in [0.1, 0.15) is 5.82 Å². The standard InChI is InChI=1S/C21H33FN2O2/c1-5-6-7-8-9-10-14-18(21(2,3)4)20(26)24-23-19(25)16-12-11-13-17(22)15-16/h11-13,15,18H,5-10,14H2,1-4H3,(H,23,25)(H,24,26). The number of rotatable bonds is 9. The fraction of sp³-hybridized carbons (Fsp3) is 0.619. The van der Waals surface area contributed by atoms with E-state index in [9.17, 15) is 14.0 Å². The van der Waals surface area contributed by atoms with Crippen molar-refractivity contribution in [3.05, 3.63) is 35.6 Å². The van der Waals surface area contributed by atoms with Gasteiger partial charge in [-0.25, -0.2) is 4.39 Å². The quantitative estimate of drug-likeness (QED) is 0.478. The molecule has 0 aliphatic heterocycles. The molecule has 0 aromatic heterocycles. The minimum Gasteiger partial charge on any atom is -0.273 e. The second-order valence-electron chi connectivity index (χ2n) is 7.93. The molecule has 0 radical (unpaired) electrons. The Morgan fingerprint density at radius 3 is 2.31 bits per heavy atom. The summed E-state index contributed by atoms with van der Waals surface area (Å²) in [5, 5.41) is 0. The van der Waals surface area contributed by atoms with E-state index in [1.54, 1.807) is 0 Å². The van der Waals surface area contributed by atoms with Crippen LogP contribution < -0.4 is 10.9 Å². The van der Waals surface area contributed by atoms with E-state index in [-0.39, 0.29) is 22.8 Å². The summed E-state index contributed by atoms with van der Waals surface area (Å²) >= 11 is 0. The summed E-state index contributed by atoms with van der Waals surface area (Å²) in [5.74, 6) is -1.40. The molecule has 1 aromatic rings. The van der Waals surface area contributed by atoms with Gasteiger partial charge in [-0.15, -0.1) is 0 Å². The van der Waals surface area contributed by atoms with E-state index in [1.165, 1.54) is 43.9 Å². The van der Waals surface area contributed by atoms with Crippen molar-refractivity contribution in [1.29, 1.82) is 0 Å². The lowest BCUT2D eigenvalue weighted by molar-refractivity contribution is -0.129. The number of nitrogens with one attached hydrogen (secondary N) is 2. The maximum Gasteiger partial charge on any atom is 0.269 e. The molecule has 2 N–H and O–H groups in total. The number of hydrogen-bond donors (Lipinski definition) is 2. The van der Waals surface area contributed by atoms with Gasteiger partial charge in [-0.3, -0.25) is 20.4 Å². The van der Waals surface area contributed by atoms with Gasteiger partial charge in [0.25, 0.3) is 5.91 Å². The fourth-order valence-electron chi connectivity index (χ4n) is 2.99. The van der Waals surface area contributed by atoms with Crippen molar-refractivity contribution >= 4 is 11.8 Å². The second kappa shape index (κ2) is 10.9. The highest BCUT2D eigenvalue weighted by Crippen LogP contribution is 2.30. The van der Waals surface area contributed by atoms with E-state index in [0.29, 0.717) is 0 Å². The summed E-state index contributed by atoms with van der Waals surface area (Å²) in [6, 6.07) is 5.37. The van der Waals surface area contributed by atoms with E-state index in [0.717, 1.165) is 25.3 Å². The second-order valence-corrected chi connectivity index (χ2v) is 7.93. The van der Waals surface area contributed by atoms with Gasteiger partial charge in [0, 0.05) is 11.5 Å². The minimum absolute atomic E-state index is 0.175. The molecule has 5 heteroatoms. The Labute approximate surface area is 156 Å². The van der Waals surface area contributed by atoms with E-state index in [2.05, 4.69) is 17.8 Å². The van der Waals surface area contributed by atoms with Gasteiger partial charge in [-0.2, -0.15) is 0 Å². The van der Waals surface area contributed by atoms with Crippen LogP contribution in [0, 0.1) is 17.2 Å². The molecule has 1 unspecified atom stereocenters. The SMILES string of the molecule is CCCCCCCCC(C(=O)NNC(=O)c1cccc(F)c1)C(C)(C)C. The molecule has 0 saturated heterocycles. The number of hydrogen-bond acceptors (Lipinski definition) is 2. The van der Waals surface area contributed by atoms with Crippen molar-refractivity contribution in [2.45, 2.75) is 72.6 Å². The molecular weight excluding hydrogens is 331 g/mol. The van der Waals surface area contributed by atoms with Gasteiger partial charge in [0.2, 0.25) is 5.91 Å². The first-order chi connectivity index (χ1) is 12.3. The molecule has 2 amide bonds. The lowest BCUT2D eigenvalue weighted by Crippen LogP contribution is -2.47. The molecule has 0 aliphatic rings. The zero-order chi connectivity index (χ0) is 19.6. The predicted octanol–water partition coefficient (Wildman–Crippen LogP) is 5.00. The average molecular weight is 365 g/mol. The topological polar surface area (TPSA) is 58.2 Å². The molecule has 1 aromatic carbocycles. The zero-order valence-corrected chi connectivity index (χ0v) is 16.5. The Morgan fingerprint density at radius 2 is 1.69 bits per heavy atom. The third-order valence-electron chi connectivity index (χ3n) is 4.59. The Morgan fingerprint density at radius 1 is 1.04 bits per heavy atom. The summed E-state index contributed by atoms with van der Waals surface area (Å²) in [7, 11) is 0. The summed E-state index contributed by atoms with van der Waals surface area (Å²) in [5.41, 5.74) is 4.88. The van der Waals surface area contributed by atoms with Crippen molar-refractivity contribution in [3.8, 4) is 0 Å². The maximum absolute atomic E-state index is 13.2. The number of benzene rings is 1. The molecule has 146 valence electrons. The number of halogens is 1. The number of amides is 2. The first kappa shape index (κ1) is 22.1. The smallest absolute Gasteiger partial charge is 0.269 e. The molecule has 0 aliphatic carbocycles. The first-order valence-corrected chi connectivity index (χ1v) is 9.61. The van der Waals surface area contributed by atoms with Crippen LogP contribution in [0.4, 0.5) is 4.39 Å². The number of carbonyl (C=O) groups excluding carboxylic acids is 2. The van der Waals surface area contributed by atoms with Crippen LogP contribution in [-0.4, -0.2) is 11.8 Å². The highest BCUT2D eigenvalue weighted by atomic mass is 19.1. The van der Waals surface area contributed by atoms with Gasteiger partial charge >= 0.3 is 0 Å². The number of unbranched alkanes of at least 4 members (excludes halogenated alkanes) is 5. The zero-order valence-electron chi connectivity index (χ0n) is 16.5. The third-order valence-corrected chi connectivity index (χ3v) is 4.59. The first-order valence-electron chi connectivity index (χ1n) is 9.61. The average Bonchev–Trinajstić information content (AvgIpc) is 2.57. The third kappa shape index (κ3) is 7.98. The molecule has 4 nitrogen and oxygen atoms in total. The predicted molar refractivity (Wildman–Crippen MR) is 103 cm³/mol. The molecule has 0 fully saturated rings. The Balaban J connectivity index is 2.51. The fourth-order valence-corrected chi connectivity index (χ4v) is 2.99. The summed E-state index contributed by atoms with van der Waals surface area (Å²) in [6.45, 7) is 8.28. The molecule has 0 heterocycles. The molecule has 1 atom stereocenters. The Hall–Kier alpha value is -1.91. The lowest BCUT2D eigenvalue weighted by atomic mass is 9.77. The lowest BCUT2D eigenvalue weighted by Gasteiger charge is -2.29. The van der Waals surface area contributed by atoms with Crippen LogP contribution in [0.25, 0.3) is 0 Å². The molecule has 0 spiro atoms. The summed E-state index contributed by atoms with van der Waals surface area (Å²) < 4.78 is 13.2. The van der Waals surface area contributed by atoms with Crippen LogP contribution >= 0.6 is 0 Å². The van der Waals surface area contributed by atoms with Gasteiger partial charge in [-0.1, -0.05) is 72.3 Å². The van der Waals surface area contributed by atoms with E-state index in [4.69, 9.17) is 0 Å². The van der Waals surface area contributed by atoms with Crippen LogP contribution in [0.3, 0.4) is 0 Å². The van der Waals surface area contributed by atoms with Crippen LogP contribution in [0.2, 0.25) is 0 Å². The van der Waals surface area contributed by atoms with Crippen LogP contribution in [-0.2, 0) is 4.79 Å². The van der Waals surface area contributed by atoms with Crippen LogP contribution in [0.5, 0.6) is 0 Å². The van der Waals surface area contributed by atoms with Crippen molar-refractivity contribution in [1.82, 2.24) is 10.9 Å². The normalized spacial score (nSPS) is 12.5. The van der Waals surface area contributed by atoms with Crippen molar-refractivity contribution < 1.29 is 14.0 Å². The highest BCUT2D eigenvalue weighted by Gasteiger charge is 2.31. The van der Waals surface area contributed by atoms with Gasteiger partial charge in [0.15, 0.2) is 0 Å². The molecular formula is C21H33FN2O2. The Bertz CT molecular complexity index is 582.